The zero-order chi connectivity index (χ0) is 15.5. The summed E-state index contributed by atoms with van der Waals surface area (Å²) in [6.07, 6.45) is 1.17. The lowest BCUT2D eigenvalue weighted by atomic mass is 10.0. The van der Waals surface area contributed by atoms with Crippen LogP contribution in [0.15, 0.2) is 22.7 Å². The molecule has 0 aliphatic carbocycles. The first-order valence-electron chi connectivity index (χ1n) is 7.84. The van der Waals surface area contributed by atoms with Crippen LogP contribution in [-0.4, -0.2) is 30.1 Å². The second-order valence-corrected chi connectivity index (χ2v) is 9.13. The highest BCUT2D eigenvalue weighted by Gasteiger charge is 2.28. The van der Waals surface area contributed by atoms with Crippen LogP contribution in [0.4, 0.5) is 5.69 Å². The van der Waals surface area contributed by atoms with Gasteiger partial charge in [-0.05, 0) is 51.4 Å². The highest BCUT2D eigenvalue weighted by molar-refractivity contribution is 9.10. The van der Waals surface area contributed by atoms with E-state index in [1.807, 2.05) is 0 Å². The molecule has 1 fully saturated rings. The summed E-state index contributed by atoms with van der Waals surface area (Å²) in [6.45, 7) is 12.5. The molecule has 1 N–H and O–H groups in total. The van der Waals surface area contributed by atoms with Crippen molar-refractivity contribution >= 4 is 33.4 Å². The van der Waals surface area contributed by atoms with E-state index in [2.05, 4.69) is 83.8 Å². The van der Waals surface area contributed by atoms with Gasteiger partial charge in [0, 0.05) is 39.8 Å². The fourth-order valence-corrected chi connectivity index (χ4v) is 4.31. The fraction of sp³-hybridized carbons (Fsp3) is 0.647. The van der Waals surface area contributed by atoms with Gasteiger partial charge in [0.05, 0.1) is 0 Å². The average Bonchev–Trinajstić information content (AvgIpc) is 2.43. The summed E-state index contributed by atoms with van der Waals surface area (Å²) in [5, 5.41) is 3.62. The van der Waals surface area contributed by atoms with Gasteiger partial charge in [-0.15, -0.1) is 0 Å². The van der Waals surface area contributed by atoms with Gasteiger partial charge >= 0.3 is 0 Å². The summed E-state index contributed by atoms with van der Waals surface area (Å²) < 4.78 is 1.50. The van der Waals surface area contributed by atoms with Crippen molar-refractivity contribution in [1.82, 2.24) is 5.32 Å². The number of nitrogens with zero attached hydrogens (tertiary/aromatic N) is 1. The van der Waals surface area contributed by atoms with Gasteiger partial charge in [0.1, 0.15) is 0 Å². The van der Waals surface area contributed by atoms with E-state index in [0.29, 0.717) is 10.8 Å². The second-order valence-electron chi connectivity index (χ2n) is 6.41. The van der Waals surface area contributed by atoms with Gasteiger partial charge in [0.25, 0.3) is 0 Å². The molecule has 1 heterocycles. The molecule has 0 radical (unpaired) electrons. The maximum absolute atomic E-state index is 3.64. The van der Waals surface area contributed by atoms with Crippen LogP contribution in [0.25, 0.3) is 0 Å². The monoisotopic (exact) mass is 370 g/mol. The number of benzene rings is 1. The molecular formula is C17H27BrN2S. The maximum atomic E-state index is 3.64. The lowest BCUT2D eigenvalue weighted by molar-refractivity contribution is 0.566. The number of rotatable bonds is 5. The molecule has 4 heteroatoms. The highest BCUT2D eigenvalue weighted by Crippen LogP contribution is 2.36. The Balaban J connectivity index is 2.26. The molecule has 0 saturated carbocycles. The van der Waals surface area contributed by atoms with E-state index < -0.39 is 0 Å². The van der Waals surface area contributed by atoms with E-state index in [4.69, 9.17) is 0 Å². The van der Waals surface area contributed by atoms with E-state index in [0.717, 1.165) is 19.6 Å². The second kappa shape index (κ2) is 7.38. The largest absolute Gasteiger partial charge is 0.369 e. The topological polar surface area (TPSA) is 15.3 Å². The zero-order valence-corrected chi connectivity index (χ0v) is 16.0. The summed E-state index contributed by atoms with van der Waals surface area (Å²) in [5.41, 5.74) is 2.79. The van der Waals surface area contributed by atoms with Crippen LogP contribution in [0.5, 0.6) is 0 Å². The minimum atomic E-state index is 0.331. The molecule has 0 aromatic heterocycles. The Kier molecular flexibility index (Phi) is 6.04. The standard InChI is InChI=1S/C17H27BrN2S/c1-5-8-19-13(2)15-7-6-14(18)11-16(15)20-9-10-21-17(3,4)12-20/h6-7,11,13,19H,5,8-10,12H2,1-4H3. The summed E-state index contributed by atoms with van der Waals surface area (Å²) in [6, 6.07) is 7.10. The van der Waals surface area contributed by atoms with Gasteiger partial charge in [-0.1, -0.05) is 28.9 Å². The summed E-state index contributed by atoms with van der Waals surface area (Å²) >= 11 is 5.72. The SMILES string of the molecule is CCCNC(C)c1ccc(Br)cc1N1CCSC(C)(C)C1. The van der Waals surface area contributed by atoms with Gasteiger partial charge in [-0.25, -0.2) is 0 Å². The molecular weight excluding hydrogens is 344 g/mol. The summed E-state index contributed by atoms with van der Waals surface area (Å²) in [7, 11) is 0. The van der Waals surface area contributed by atoms with Crippen molar-refractivity contribution in [3.63, 3.8) is 0 Å². The quantitative estimate of drug-likeness (QED) is 0.797. The molecule has 118 valence electrons. The van der Waals surface area contributed by atoms with Crippen molar-refractivity contribution in [2.24, 2.45) is 0 Å². The summed E-state index contributed by atoms with van der Waals surface area (Å²) in [5.74, 6) is 1.20. The first-order chi connectivity index (χ1) is 9.93. The molecule has 2 rings (SSSR count). The van der Waals surface area contributed by atoms with E-state index in [1.54, 1.807) is 0 Å². The third-order valence-corrected chi connectivity index (χ3v) is 5.72. The van der Waals surface area contributed by atoms with E-state index in [1.165, 1.54) is 27.9 Å². The Bertz CT molecular complexity index is 476. The van der Waals surface area contributed by atoms with E-state index in [9.17, 15) is 0 Å². The zero-order valence-electron chi connectivity index (χ0n) is 13.6. The third kappa shape index (κ3) is 4.64. The van der Waals surface area contributed by atoms with Crippen LogP contribution in [0.3, 0.4) is 0 Å². The third-order valence-electron chi connectivity index (χ3n) is 3.93. The minimum Gasteiger partial charge on any atom is -0.369 e. The number of hydrogen-bond acceptors (Lipinski definition) is 3. The molecule has 1 aliphatic rings. The fourth-order valence-electron chi connectivity index (χ4n) is 2.85. The molecule has 1 aromatic carbocycles. The van der Waals surface area contributed by atoms with Crippen molar-refractivity contribution in [1.29, 1.82) is 0 Å². The first kappa shape index (κ1) is 17.2. The van der Waals surface area contributed by atoms with Crippen molar-refractivity contribution in [3.05, 3.63) is 28.2 Å². The Labute approximate surface area is 142 Å². The number of hydrogen-bond donors (Lipinski definition) is 1. The number of halogens is 1. The molecule has 1 aromatic rings. The van der Waals surface area contributed by atoms with Gasteiger partial charge in [-0.3, -0.25) is 0 Å². The van der Waals surface area contributed by atoms with Crippen molar-refractivity contribution in [3.8, 4) is 0 Å². The van der Waals surface area contributed by atoms with Gasteiger partial charge in [0.2, 0.25) is 0 Å². The molecule has 1 aliphatic heterocycles. The van der Waals surface area contributed by atoms with E-state index in [-0.39, 0.29) is 0 Å². The Morgan fingerprint density at radius 1 is 1.43 bits per heavy atom. The molecule has 0 bridgehead atoms. The molecule has 1 saturated heterocycles. The average molecular weight is 371 g/mol. The lowest BCUT2D eigenvalue weighted by Gasteiger charge is -2.40. The number of anilines is 1. The Hall–Kier alpha value is -0.190. The van der Waals surface area contributed by atoms with Crippen LogP contribution in [-0.2, 0) is 0 Å². The molecule has 0 amide bonds. The smallest absolute Gasteiger partial charge is 0.0426 e. The van der Waals surface area contributed by atoms with Gasteiger partial charge < -0.3 is 10.2 Å². The number of thioether (sulfide) groups is 1. The summed E-state index contributed by atoms with van der Waals surface area (Å²) in [4.78, 5) is 2.56. The van der Waals surface area contributed by atoms with Crippen LogP contribution in [0, 0.1) is 0 Å². The Morgan fingerprint density at radius 3 is 2.86 bits per heavy atom. The van der Waals surface area contributed by atoms with Gasteiger partial charge in [-0.2, -0.15) is 11.8 Å². The number of nitrogens with one attached hydrogen (secondary N) is 1. The molecule has 21 heavy (non-hydrogen) atoms. The molecule has 1 atom stereocenters. The lowest BCUT2D eigenvalue weighted by Crippen LogP contribution is -2.43. The normalized spacial score (nSPS) is 19.6. The molecule has 2 nitrogen and oxygen atoms in total. The highest BCUT2D eigenvalue weighted by atomic mass is 79.9. The minimum absolute atomic E-state index is 0.331. The van der Waals surface area contributed by atoms with Gasteiger partial charge in [0.15, 0.2) is 0 Å². The molecule has 1 unspecified atom stereocenters. The van der Waals surface area contributed by atoms with E-state index >= 15 is 0 Å². The van der Waals surface area contributed by atoms with Crippen LogP contribution >= 0.6 is 27.7 Å². The maximum Gasteiger partial charge on any atom is 0.0426 e. The van der Waals surface area contributed by atoms with Crippen molar-refractivity contribution < 1.29 is 0 Å². The first-order valence-corrected chi connectivity index (χ1v) is 9.62. The van der Waals surface area contributed by atoms with Crippen molar-refractivity contribution in [2.75, 3.05) is 30.3 Å². The van der Waals surface area contributed by atoms with Crippen LogP contribution in [0.1, 0.15) is 45.7 Å². The predicted molar refractivity (Wildman–Crippen MR) is 99.6 cm³/mol. The van der Waals surface area contributed by atoms with Crippen LogP contribution < -0.4 is 10.2 Å². The van der Waals surface area contributed by atoms with Crippen LogP contribution in [0.2, 0.25) is 0 Å². The molecule has 0 spiro atoms. The Morgan fingerprint density at radius 2 is 2.19 bits per heavy atom. The van der Waals surface area contributed by atoms with Crippen molar-refractivity contribution in [2.45, 2.75) is 44.9 Å². The predicted octanol–water partition coefficient (Wildman–Crippen LogP) is 4.84.